The van der Waals surface area contributed by atoms with E-state index in [1.54, 1.807) is 12.1 Å². The number of aliphatic hydroxyl groups is 3. The lowest BCUT2D eigenvalue weighted by molar-refractivity contribution is -0.199. The summed E-state index contributed by atoms with van der Waals surface area (Å²) < 4.78 is 32.0. The van der Waals surface area contributed by atoms with Crippen LogP contribution in [0.2, 0.25) is 0 Å². The fraction of sp³-hybridized carbons (Fsp3) is 0.446. The predicted octanol–water partition coefficient (Wildman–Crippen LogP) is 9.31. The molecule has 4 heterocycles. The summed E-state index contributed by atoms with van der Waals surface area (Å²) in [7, 11) is 0. The lowest BCUT2D eigenvalue weighted by Gasteiger charge is -2.48. The van der Waals surface area contributed by atoms with E-state index in [2.05, 4.69) is 72.8 Å². The molecule has 5 aromatic rings. The number of benzene rings is 4. The third-order valence-corrected chi connectivity index (χ3v) is 14.4. The Morgan fingerprint density at radius 2 is 1.55 bits per heavy atom. The van der Waals surface area contributed by atoms with Crippen LogP contribution in [0.15, 0.2) is 111 Å². The second kappa shape index (κ2) is 21.6. The third-order valence-electron chi connectivity index (χ3n) is 14.4. The molecule has 4 aromatic carbocycles. The number of allylic oxidation sites excluding steroid dienone is 1. The molecule has 1 aliphatic carbocycles. The molecule has 1 fully saturated rings. The Bertz CT molecular complexity index is 2600. The normalized spacial score (nSPS) is 21.9. The predicted molar refractivity (Wildman–Crippen MR) is 255 cm³/mol. The molecule has 0 saturated heterocycles. The van der Waals surface area contributed by atoms with Gasteiger partial charge in [-0.05, 0) is 130 Å². The van der Waals surface area contributed by atoms with Gasteiger partial charge in [-0.2, -0.15) is 0 Å². The molecule has 11 heteroatoms. The smallest absolute Gasteiger partial charge is 0.340 e. The molecular formula is C56H64O11. The highest BCUT2D eigenvalue weighted by molar-refractivity contribution is 5.90. The van der Waals surface area contributed by atoms with Crippen LogP contribution >= 0.6 is 0 Å². The summed E-state index contributed by atoms with van der Waals surface area (Å²) >= 11 is 0. The van der Waals surface area contributed by atoms with E-state index < -0.39 is 54.7 Å². The van der Waals surface area contributed by atoms with Gasteiger partial charge < -0.3 is 38.7 Å². The van der Waals surface area contributed by atoms with E-state index in [1.165, 1.54) is 16.7 Å². The van der Waals surface area contributed by atoms with Crippen LogP contribution < -0.4 is 10.4 Å². The maximum atomic E-state index is 14.9. The van der Waals surface area contributed by atoms with Gasteiger partial charge in [-0.25, -0.2) is 9.59 Å². The summed E-state index contributed by atoms with van der Waals surface area (Å²) in [6, 6.07) is 30.9. The first-order chi connectivity index (χ1) is 32.5. The minimum atomic E-state index is -1.26. The van der Waals surface area contributed by atoms with Gasteiger partial charge in [-0.1, -0.05) is 97.3 Å². The molecule has 0 spiro atoms. The maximum Gasteiger partial charge on any atom is 0.340 e. The van der Waals surface area contributed by atoms with E-state index in [1.807, 2.05) is 26.8 Å². The average Bonchev–Trinajstić information content (AvgIpc) is 3.87. The average molecular weight is 913 g/mol. The summed E-state index contributed by atoms with van der Waals surface area (Å²) in [5.74, 6) is -1.60. The van der Waals surface area contributed by atoms with Gasteiger partial charge in [0.15, 0.2) is 12.2 Å². The number of carbonyl (C=O) groups is 2. The van der Waals surface area contributed by atoms with Crippen molar-refractivity contribution in [3.63, 3.8) is 0 Å². The van der Waals surface area contributed by atoms with Crippen LogP contribution in [-0.2, 0) is 56.1 Å². The van der Waals surface area contributed by atoms with Gasteiger partial charge in [0.25, 0.3) is 0 Å². The Morgan fingerprint density at radius 3 is 2.27 bits per heavy atom. The lowest BCUT2D eigenvalue weighted by atomic mass is 9.76. The van der Waals surface area contributed by atoms with E-state index in [-0.39, 0.29) is 60.2 Å². The molecule has 3 N–H and O–H groups in total. The Kier molecular flexibility index (Phi) is 15.4. The summed E-state index contributed by atoms with van der Waals surface area (Å²) in [6.45, 7) is 4.16. The number of ether oxygens (including phenoxy) is 4. The molecule has 1 saturated carbocycles. The van der Waals surface area contributed by atoms with Crippen molar-refractivity contribution in [2.75, 3.05) is 20.0 Å². The van der Waals surface area contributed by atoms with Crippen molar-refractivity contribution >= 4 is 22.9 Å². The van der Waals surface area contributed by atoms with Gasteiger partial charge in [0, 0.05) is 41.4 Å². The molecule has 11 nitrogen and oxygen atoms in total. The van der Waals surface area contributed by atoms with Crippen LogP contribution in [0.1, 0.15) is 129 Å². The lowest BCUT2D eigenvalue weighted by Crippen LogP contribution is -2.58. The van der Waals surface area contributed by atoms with E-state index in [4.69, 9.17) is 23.4 Å². The molecule has 5 atom stereocenters. The first-order valence-electron chi connectivity index (χ1n) is 24.0. The van der Waals surface area contributed by atoms with Crippen LogP contribution in [0, 0.1) is 11.8 Å². The molecule has 0 amide bonds. The quantitative estimate of drug-likeness (QED) is 0.0447. The number of esters is 2. The molecule has 4 aliphatic rings. The topological polar surface area (TPSA) is 162 Å². The number of aliphatic hydroxyl groups excluding tert-OH is 3. The van der Waals surface area contributed by atoms with E-state index in [0.717, 1.165) is 55.2 Å². The van der Waals surface area contributed by atoms with Crippen molar-refractivity contribution in [1.29, 1.82) is 0 Å². The fourth-order valence-corrected chi connectivity index (χ4v) is 10.8. The minimum Gasteiger partial charge on any atom is -0.483 e. The van der Waals surface area contributed by atoms with Gasteiger partial charge >= 0.3 is 17.6 Å². The van der Waals surface area contributed by atoms with Gasteiger partial charge in [-0.15, -0.1) is 0 Å². The summed E-state index contributed by atoms with van der Waals surface area (Å²) in [5, 5.41) is 30.7. The zero-order chi connectivity index (χ0) is 47.1. The van der Waals surface area contributed by atoms with Gasteiger partial charge in [-0.3, -0.25) is 4.79 Å². The number of fused-ring (bicyclic) bond motifs is 13. The first kappa shape index (κ1) is 47.9. The van der Waals surface area contributed by atoms with E-state index >= 15 is 0 Å². The minimum absolute atomic E-state index is 0.0387. The zero-order valence-electron chi connectivity index (χ0n) is 39.0. The summed E-state index contributed by atoms with van der Waals surface area (Å²) in [4.78, 5) is 43.8. The first-order valence-corrected chi connectivity index (χ1v) is 24.0. The van der Waals surface area contributed by atoms with Crippen molar-refractivity contribution in [2.45, 2.75) is 128 Å². The largest absolute Gasteiger partial charge is 0.483 e. The standard InChI is InChI=1S/C56H64O11/c1-35(2)44-23-22-36-16-18-39(19-17-36)30-41(21-20-38-12-9-13-40(29-38)28-37-10-5-4-6-11-37)31-48(60)64-52-50-47(67-56(3,43-14-7-8-15-43)53(52)66-54(44)61)25-24-45-46(32-58)49(55(62)65-51(45)50)42(26-27-57)33-63-34-59/h4-6,9-13,16-19,24-25,29,41-43,52-53,57-59H,7-8,14-15,20-23,26-28,30-34H2,1-3H3/t41-,42-,52-,53+,56+/m1/s1. The van der Waals surface area contributed by atoms with Crippen LogP contribution in [0.3, 0.4) is 0 Å². The number of hydrogen-bond donors (Lipinski definition) is 3. The molecular weight excluding hydrogens is 849 g/mol. The Labute approximate surface area is 392 Å². The van der Waals surface area contributed by atoms with Crippen molar-refractivity contribution in [2.24, 2.45) is 11.8 Å². The highest BCUT2D eigenvalue weighted by atomic mass is 16.6. The number of hydrogen-bond acceptors (Lipinski definition) is 11. The highest BCUT2D eigenvalue weighted by Crippen LogP contribution is 2.52. The fourth-order valence-electron chi connectivity index (χ4n) is 10.8. The Hall–Kier alpha value is -5.59. The molecule has 2 bridgehead atoms. The molecule has 3 aliphatic heterocycles. The molecule has 67 heavy (non-hydrogen) atoms. The summed E-state index contributed by atoms with van der Waals surface area (Å²) in [6.07, 6.45) is 5.23. The second-order valence-corrected chi connectivity index (χ2v) is 19.1. The highest BCUT2D eigenvalue weighted by Gasteiger charge is 2.57. The maximum absolute atomic E-state index is 14.9. The molecule has 1 aromatic heterocycles. The number of rotatable bonds is 13. The molecule has 354 valence electrons. The second-order valence-electron chi connectivity index (χ2n) is 19.1. The Morgan fingerprint density at radius 1 is 0.821 bits per heavy atom. The van der Waals surface area contributed by atoms with Crippen LogP contribution in [0.25, 0.3) is 11.0 Å². The molecule has 9 rings (SSSR count). The van der Waals surface area contributed by atoms with E-state index in [9.17, 15) is 29.7 Å². The monoisotopic (exact) mass is 912 g/mol. The van der Waals surface area contributed by atoms with Gasteiger partial charge in [0.1, 0.15) is 23.7 Å². The Balaban J connectivity index is 1.23. The summed E-state index contributed by atoms with van der Waals surface area (Å²) in [5.41, 5.74) is 5.85. The van der Waals surface area contributed by atoms with Crippen molar-refractivity contribution in [3.05, 3.63) is 157 Å². The van der Waals surface area contributed by atoms with Crippen molar-refractivity contribution < 1.29 is 48.3 Å². The van der Waals surface area contributed by atoms with Crippen molar-refractivity contribution in [3.8, 4) is 5.75 Å². The van der Waals surface area contributed by atoms with Crippen LogP contribution in [-0.4, -0.2) is 59.0 Å². The molecule has 0 unspecified atom stereocenters. The number of carbonyl (C=O) groups excluding carboxylic acids is 2. The third kappa shape index (κ3) is 10.8. The van der Waals surface area contributed by atoms with Crippen LogP contribution in [0.4, 0.5) is 0 Å². The SMILES string of the molecule is CC(C)=C1CCc2ccc(cc2)C[C@@H](CCc2cccc(Cc3ccccc3)c2)CC(=O)O[C@@H]2c3c(ccc4c(CO)c([C@H](CCO)COCO)c(=O)oc34)O[C@@](C)(C3CCCC3)[C@H]2OC1=O. The van der Waals surface area contributed by atoms with Crippen molar-refractivity contribution in [1.82, 2.24) is 0 Å². The van der Waals surface area contributed by atoms with Gasteiger partial charge in [0.2, 0.25) is 0 Å². The number of aryl methyl sites for hydroxylation is 2. The van der Waals surface area contributed by atoms with E-state index in [0.29, 0.717) is 42.4 Å². The van der Waals surface area contributed by atoms with Crippen LogP contribution in [0.5, 0.6) is 5.75 Å². The van der Waals surface area contributed by atoms with Gasteiger partial charge in [0.05, 0.1) is 18.8 Å². The zero-order valence-corrected chi connectivity index (χ0v) is 39.0. The molecule has 0 radical (unpaired) electrons.